The van der Waals surface area contributed by atoms with Crippen molar-refractivity contribution in [3.63, 3.8) is 0 Å². The number of rotatable bonds is 5. The minimum absolute atomic E-state index is 0.0167. The maximum absolute atomic E-state index is 13.4. The summed E-state index contributed by atoms with van der Waals surface area (Å²) in [4.78, 5) is 9.13. The predicted molar refractivity (Wildman–Crippen MR) is 112 cm³/mol. The van der Waals surface area contributed by atoms with Gasteiger partial charge in [0.25, 0.3) is 0 Å². The summed E-state index contributed by atoms with van der Waals surface area (Å²) in [6.45, 7) is 1.76. The maximum atomic E-state index is 13.4. The fraction of sp³-hybridized carbons (Fsp3) is 0.364. The van der Waals surface area contributed by atoms with Crippen molar-refractivity contribution in [2.75, 3.05) is 25.7 Å². The highest BCUT2D eigenvalue weighted by molar-refractivity contribution is 5.95. The Kier molecular flexibility index (Phi) is 5.07. The van der Waals surface area contributed by atoms with Crippen molar-refractivity contribution in [1.29, 1.82) is 0 Å². The number of nitrogens with two attached hydrogens (primary N) is 2. The number of benzene rings is 2. The summed E-state index contributed by atoms with van der Waals surface area (Å²) < 4.78 is 51.2. The van der Waals surface area contributed by atoms with Crippen molar-refractivity contribution in [2.24, 2.45) is 0 Å². The van der Waals surface area contributed by atoms with E-state index in [0.29, 0.717) is 39.4 Å². The molecule has 9 heteroatoms. The minimum Gasteiger partial charge on any atom is -0.493 e. The molecule has 1 fully saturated rings. The van der Waals surface area contributed by atoms with Gasteiger partial charge in [0.1, 0.15) is 11.6 Å². The number of ether oxygens (including phenoxy) is 2. The molecule has 1 unspecified atom stereocenters. The number of aromatic nitrogens is 2. The first-order chi connectivity index (χ1) is 14.6. The van der Waals surface area contributed by atoms with Crippen LogP contribution in [-0.4, -0.2) is 24.2 Å². The fourth-order valence-electron chi connectivity index (χ4n) is 3.89. The molecule has 6 nitrogen and oxygen atoms in total. The van der Waals surface area contributed by atoms with Gasteiger partial charge in [-0.1, -0.05) is 6.92 Å². The Morgan fingerprint density at radius 3 is 2.32 bits per heavy atom. The molecule has 0 aliphatic heterocycles. The van der Waals surface area contributed by atoms with E-state index in [0.717, 1.165) is 25.0 Å². The van der Waals surface area contributed by atoms with Gasteiger partial charge in [-0.05, 0) is 36.6 Å². The van der Waals surface area contributed by atoms with Crippen LogP contribution in [0, 0.1) is 0 Å². The van der Waals surface area contributed by atoms with E-state index >= 15 is 0 Å². The van der Waals surface area contributed by atoms with Crippen molar-refractivity contribution in [2.45, 2.75) is 37.8 Å². The Labute approximate surface area is 177 Å². The van der Waals surface area contributed by atoms with Crippen LogP contribution in [0.15, 0.2) is 24.3 Å². The Morgan fingerprint density at radius 2 is 1.74 bits per heavy atom. The summed E-state index contributed by atoms with van der Waals surface area (Å²) >= 11 is 0. The Balaban J connectivity index is 1.98. The second-order valence-corrected chi connectivity index (χ2v) is 7.77. The highest BCUT2D eigenvalue weighted by Crippen LogP contribution is 2.47. The Bertz CT molecular complexity index is 1160. The molecule has 0 bridgehead atoms. The minimum atomic E-state index is -4.52. The van der Waals surface area contributed by atoms with E-state index in [4.69, 9.17) is 20.9 Å². The first-order valence-electron chi connectivity index (χ1n) is 9.83. The molecule has 1 heterocycles. The number of nitrogen functional groups attached to an aromatic ring is 2. The normalized spacial score (nSPS) is 15.2. The predicted octanol–water partition coefficient (Wildman–Crippen LogP) is 4.86. The third-order valence-electron chi connectivity index (χ3n) is 5.59. The Hall–Kier alpha value is -3.23. The van der Waals surface area contributed by atoms with Crippen LogP contribution < -0.4 is 20.9 Å². The first-order valence-corrected chi connectivity index (χ1v) is 9.83. The lowest BCUT2D eigenvalue weighted by Crippen LogP contribution is -2.10. The first kappa shape index (κ1) is 21.0. The van der Waals surface area contributed by atoms with Gasteiger partial charge >= 0.3 is 6.18 Å². The number of hydrogen-bond donors (Lipinski definition) is 2. The average molecular weight is 432 g/mol. The molecule has 3 aromatic rings. The molecule has 4 N–H and O–H groups in total. The van der Waals surface area contributed by atoms with E-state index in [1.165, 1.54) is 20.3 Å². The van der Waals surface area contributed by atoms with E-state index in [1.54, 1.807) is 13.0 Å². The molecule has 2 aromatic carbocycles. The van der Waals surface area contributed by atoms with Crippen LogP contribution >= 0.6 is 0 Å². The summed E-state index contributed by atoms with van der Waals surface area (Å²) in [7, 11) is 2.96. The molecule has 31 heavy (non-hydrogen) atoms. The van der Waals surface area contributed by atoms with Crippen LogP contribution in [0.3, 0.4) is 0 Å². The van der Waals surface area contributed by atoms with Gasteiger partial charge in [0, 0.05) is 29.2 Å². The molecule has 0 spiro atoms. The molecule has 0 radical (unpaired) electrons. The smallest absolute Gasteiger partial charge is 0.416 e. The van der Waals surface area contributed by atoms with Crippen LogP contribution in [-0.2, 0) is 6.18 Å². The van der Waals surface area contributed by atoms with Gasteiger partial charge in [-0.25, -0.2) is 9.97 Å². The van der Waals surface area contributed by atoms with Gasteiger partial charge in [0.15, 0.2) is 11.5 Å². The zero-order valence-electron chi connectivity index (χ0n) is 17.4. The van der Waals surface area contributed by atoms with Crippen molar-refractivity contribution in [3.8, 4) is 11.5 Å². The summed E-state index contributed by atoms with van der Waals surface area (Å²) in [5, 5.41) is 0.533. The number of alkyl halides is 3. The van der Waals surface area contributed by atoms with Crippen molar-refractivity contribution >= 4 is 22.4 Å². The van der Waals surface area contributed by atoms with Gasteiger partial charge < -0.3 is 20.9 Å². The molecular formula is C22H23F3N4O2. The molecule has 0 amide bonds. The Morgan fingerprint density at radius 1 is 1.03 bits per heavy atom. The second-order valence-electron chi connectivity index (χ2n) is 7.77. The number of anilines is 2. The van der Waals surface area contributed by atoms with Crippen LogP contribution in [0.2, 0.25) is 0 Å². The fourth-order valence-corrected chi connectivity index (χ4v) is 3.89. The molecule has 1 saturated carbocycles. The lowest BCUT2D eigenvalue weighted by Gasteiger charge is -2.22. The number of methoxy groups -OCH3 is 2. The van der Waals surface area contributed by atoms with Gasteiger partial charge in [-0.2, -0.15) is 13.2 Å². The summed E-state index contributed by atoms with van der Waals surface area (Å²) in [5.41, 5.74) is 12.8. The van der Waals surface area contributed by atoms with E-state index in [2.05, 4.69) is 9.97 Å². The monoisotopic (exact) mass is 432 g/mol. The standard InChI is InChI=1S/C22H23F3N4O2/c1-10(12-6-13(22(23,24)25)8-14(26)7-12)17-18-15(9-16(30-2)19(17)31-3)28-21(11-4-5-11)29-20(18)27/h6-11H,4-5,26H2,1-3H3,(H2,27,28,29). The van der Waals surface area contributed by atoms with E-state index < -0.39 is 17.7 Å². The van der Waals surface area contributed by atoms with Crippen LogP contribution in [0.5, 0.6) is 11.5 Å². The van der Waals surface area contributed by atoms with Crippen molar-refractivity contribution in [3.05, 3.63) is 46.8 Å². The number of hydrogen-bond acceptors (Lipinski definition) is 6. The SMILES string of the molecule is COc1cc2nc(C3CC3)nc(N)c2c(C(C)c2cc(N)cc(C(F)(F)F)c2)c1OC. The van der Waals surface area contributed by atoms with Gasteiger partial charge in [0.2, 0.25) is 0 Å². The van der Waals surface area contributed by atoms with Crippen LogP contribution in [0.4, 0.5) is 24.7 Å². The summed E-state index contributed by atoms with van der Waals surface area (Å²) in [6.07, 6.45) is -2.51. The zero-order valence-corrected chi connectivity index (χ0v) is 17.4. The maximum Gasteiger partial charge on any atom is 0.416 e. The molecule has 4 rings (SSSR count). The van der Waals surface area contributed by atoms with Gasteiger partial charge in [-0.15, -0.1) is 0 Å². The third kappa shape index (κ3) is 3.80. The topological polar surface area (TPSA) is 96.3 Å². The zero-order chi connectivity index (χ0) is 22.5. The number of halogens is 3. The second kappa shape index (κ2) is 7.47. The molecule has 164 valence electrons. The summed E-state index contributed by atoms with van der Waals surface area (Å²) in [6, 6.07) is 5.23. The molecule has 0 saturated heterocycles. The molecule has 1 aromatic heterocycles. The number of fused-ring (bicyclic) bond motifs is 1. The lowest BCUT2D eigenvalue weighted by molar-refractivity contribution is -0.137. The highest BCUT2D eigenvalue weighted by atomic mass is 19.4. The molecule has 1 atom stereocenters. The van der Waals surface area contributed by atoms with Crippen molar-refractivity contribution < 1.29 is 22.6 Å². The van der Waals surface area contributed by atoms with Crippen molar-refractivity contribution in [1.82, 2.24) is 9.97 Å². The largest absolute Gasteiger partial charge is 0.493 e. The van der Waals surface area contributed by atoms with Crippen LogP contribution in [0.25, 0.3) is 10.9 Å². The third-order valence-corrected chi connectivity index (χ3v) is 5.59. The van der Waals surface area contributed by atoms with Gasteiger partial charge in [0.05, 0.1) is 30.7 Å². The van der Waals surface area contributed by atoms with E-state index in [1.807, 2.05) is 0 Å². The molecule has 1 aliphatic carbocycles. The molecule has 1 aliphatic rings. The lowest BCUT2D eigenvalue weighted by atomic mass is 9.88. The number of nitrogens with zero attached hydrogens (tertiary/aromatic N) is 2. The summed E-state index contributed by atoms with van der Waals surface area (Å²) in [5.74, 6) is 1.43. The van der Waals surface area contributed by atoms with E-state index in [9.17, 15) is 13.2 Å². The molecular weight excluding hydrogens is 409 g/mol. The quantitative estimate of drug-likeness (QED) is 0.559. The highest BCUT2D eigenvalue weighted by Gasteiger charge is 2.33. The average Bonchev–Trinajstić information content (AvgIpc) is 3.56. The van der Waals surface area contributed by atoms with Gasteiger partial charge in [-0.3, -0.25) is 0 Å². The van der Waals surface area contributed by atoms with E-state index in [-0.39, 0.29) is 17.4 Å². The van der Waals surface area contributed by atoms with Crippen LogP contribution in [0.1, 0.15) is 54.1 Å².